The van der Waals surface area contributed by atoms with Gasteiger partial charge in [0.2, 0.25) is 0 Å². The molecule has 3 aromatic rings. The first kappa shape index (κ1) is 25.4. The summed E-state index contributed by atoms with van der Waals surface area (Å²) in [6, 6.07) is 12.0. The van der Waals surface area contributed by atoms with Gasteiger partial charge in [0.05, 0.1) is 21.3 Å². The number of halogens is 3. The number of nitro benzene ring substituents is 1. The minimum Gasteiger partial charge on any atom is -0.279 e. The summed E-state index contributed by atoms with van der Waals surface area (Å²) in [5.41, 5.74) is 0.270. The molecule has 0 aliphatic carbocycles. The van der Waals surface area contributed by atoms with Crippen molar-refractivity contribution in [2.45, 2.75) is 16.7 Å². The van der Waals surface area contributed by atoms with Gasteiger partial charge in [0.1, 0.15) is 4.90 Å². The number of rotatable bonds is 7. The number of aryl methyl sites for hydroxylation is 1. The lowest BCUT2D eigenvalue weighted by molar-refractivity contribution is -0.387. The van der Waals surface area contributed by atoms with E-state index in [-0.39, 0.29) is 21.3 Å². The van der Waals surface area contributed by atoms with Gasteiger partial charge < -0.3 is 0 Å². The van der Waals surface area contributed by atoms with Gasteiger partial charge in [0.15, 0.2) is 4.90 Å². The van der Waals surface area contributed by atoms with Crippen molar-refractivity contribution < 1.29 is 21.8 Å². The Hall–Kier alpha value is -2.19. The molecule has 3 rings (SSSR count). The Balaban J connectivity index is 2.00. The molecular weight excluding hydrogens is 626 g/mol. The van der Waals surface area contributed by atoms with Crippen molar-refractivity contribution in [3.8, 4) is 0 Å². The van der Waals surface area contributed by atoms with E-state index in [0.717, 1.165) is 23.8 Å². The Kier molecular flexibility index (Phi) is 7.39. The molecule has 0 radical (unpaired) electrons. The third kappa shape index (κ3) is 5.84. The average molecular weight is 640 g/mol. The van der Waals surface area contributed by atoms with E-state index >= 15 is 0 Å². The largest absolute Gasteiger partial charge is 0.291 e. The maximum absolute atomic E-state index is 13.0. The maximum Gasteiger partial charge on any atom is 0.291 e. The van der Waals surface area contributed by atoms with Crippen molar-refractivity contribution in [3.05, 3.63) is 84.2 Å². The summed E-state index contributed by atoms with van der Waals surface area (Å²) in [7, 11) is -8.64. The van der Waals surface area contributed by atoms with Crippen LogP contribution in [0.3, 0.4) is 0 Å². The van der Waals surface area contributed by atoms with E-state index < -0.39 is 35.6 Å². The molecule has 0 heterocycles. The van der Waals surface area contributed by atoms with Crippen LogP contribution in [0.25, 0.3) is 0 Å². The van der Waals surface area contributed by atoms with Crippen LogP contribution in [0.1, 0.15) is 5.56 Å². The molecule has 14 heteroatoms. The smallest absolute Gasteiger partial charge is 0.279 e. The molecule has 0 aliphatic heterocycles. The highest BCUT2D eigenvalue weighted by Gasteiger charge is 2.27. The molecule has 0 spiro atoms. The average Bonchev–Trinajstić information content (AvgIpc) is 2.71. The molecular formula is C19H14Br2ClN3O6S2. The van der Waals surface area contributed by atoms with Gasteiger partial charge >= 0.3 is 0 Å². The molecule has 0 bridgehead atoms. The van der Waals surface area contributed by atoms with Crippen LogP contribution in [0, 0.1) is 17.0 Å². The molecule has 2 N–H and O–H groups in total. The number of nitrogens with zero attached hydrogens (tertiary/aromatic N) is 1. The van der Waals surface area contributed by atoms with Crippen LogP contribution in [-0.2, 0) is 20.0 Å². The van der Waals surface area contributed by atoms with Crippen molar-refractivity contribution in [2.24, 2.45) is 0 Å². The summed E-state index contributed by atoms with van der Waals surface area (Å²) in [6.07, 6.45) is 0. The topological polar surface area (TPSA) is 135 Å². The quantitative estimate of drug-likeness (QED) is 0.252. The molecule has 0 saturated carbocycles. The Morgan fingerprint density at radius 1 is 0.879 bits per heavy atom. The monoisotopic (exact) mass is 637 g/mol. The van der Waals surface area contributed by atoms with E-state index in [9.17, 15) is 26.9 Å². The Morgan fingerprint density at radius 2 is 1.55 bits per heavy atom. The molecule has 0 amide bonds. The third-order valence-electron chi connectivity index (χ3n) is 4.25. The fourth-order valence-corrected chi connectivity index (χ4v) is 6.39. The number of nitro groups is 1. The van der Waals surface area contributed by atoms with Gasteiger partial charge in [-0.3, -0.25) is 19.6 Å². The van der Waals surface area contributed by atoms with Crippen molar-refractivity contribution >= 4 is 80.6 Å². The zero-order chi connectivity index (χ0) is 24.6. The van der Waals surface area contributed by atoms with E-state index in [2.05, 4.69) is 41.3 Å². The van der Waals surface area contributed by atoms with Crippen LogP contribution in [0.4, 0.5) is 17.1 Å². The standard InChI is InChI=1S/C19H14Br2ClN3O6S2/c1-11-2-5-14(21)16(8-11)24-33(30,31)19-10-13(4-6-15(19)22)23-32(28,29)18-7-3-12(20)9-17(18)25(26)27/h2-10,23-24H,1H3. The first-order valence-corrected chi connectivity index (χ1v) is 13.8. The normalized spacial score (nSPS) is 11.8. The Bertz CT molecular complexity index is 1480. The van der Waals surface area contributed by atoms with Gasteiger partial charge in [-0.15, -0.1) is 0 Å². The number of nitrogens with one attached hydrogen (secondary N) is 2. The van der Waals surface area contributed by atoms with Crippen molar-refractivity contribution in [1.29, 1.82) is 0 Å². The molecule has 0 aromatic heterocycles. The van der Waals surface area contributed by atoms with Gasteiger partial charge in [-0.05, 0) is 70.9 Å². The van der Waals surface area contributed by atoms with Gasteiger partial charge in [-0.25, -0.2) is 16.8 Å². The number of sulfonamides is 2. The molecule has 9 nitrogen and oxygen atoms in total. The molecule has 0 aliphatic rings. The lowest BCUT2D eigenvalue weighted by atomic mass is 10.2. The molecule has 33 heavy (non-hydrogen) atoms. The van der Waals surface area contributed by atoms with E-state index in [1.54, 1.807) is 25.1 Å². The fourth-order valence-electron chi connectivity index (χ4n) is 2.76. The predicted molar refractivity (Wildman–Crippen MR) is 133 cm³/mol. The summed E-state index contributed by atoms with van der Waals surface area (Å²) in [6.45, 7) is 1.79. The predicted octanol–water partition coefficient (Wildman–Crippen LogP) is 5.68. The SMILES string of the molecule is Cc1ccc(Br)c(NS(=O)(=O)c2cc(NS(=O)(=O)c3ccc(Br)cc3[N+](=O)[O-])ccc2Cl)c1. The molecule has 0 fully saturated rings. The second-order valence-corrected chi connectivity index (χ2v) is 12.2. The summed E-state index contributed by atoms with van der Waals surface area (Å²) in [5.74, 6) is 0. The minimum absolute atomic E-state index is 0.149. The van der Waals surface area contributed by atoms with Crippen LogP contribution in [-0.4, -0.2) is 21.8 Å². The molecule has 0 unspecified atom stereocenters. The lowest BCUT2D eigenvalue weighted by Gasteiger charge is -2.14. The highest BCUT2D eigenvalue weighted by Crippen LogP contribution is 2.32. The van der Waals surface area contributed by atoms with E-state index in [4.69, 9.17) is 11.6 Å². The Morgan fingerprint density at radius 3 is 2.21 bits per heavy atom. The first-order chi connectivity index (χ1) is 15.3. The van der Waals surface area contributed by atoms with Gasteiger partial charge in [-0.1, -0.05) is 33.6 Å². The second-order valence-electron chi connectivity index (χ2n) is 6.71. The van der Waals surface area contributed by atoms with Crippen molar-refractivity contribution in [3.63, 3.8) is 0 Å². The summed E-state index contributed by atoms with van der Waals surface area (Å²) < 4.78 is 57.0. The van der Waals surface area contributed by atoms with Crippen molar-refractivity contribution in [1.82, 2.24) is 0 Å². The van der Waals surface area contributed by atoms with Gasteiger partial charge in [0, 0.05) is 15.0 Å². The summed E-state index contributed by atoms with van der Waals surface area (Å²) in [5, 5.41) is 11.2. The second kappa shape index (κ2) is 9.58. The third-order valence-corrected chi connectivity index (χ3v) is 8.71. The fraction of sp³-hybridized carbons (Fsp3) is 0.0526. The van der Waals surface area contributed by atoms with Gasteiger partial charge in [0.25, 0.3) is 25.7 Å². The van der Waals surface area contributed by atoms with Crippen LogP contribution in [0.2, 0.25) is 5.02 Å². The minimum atomic E-state index is -4.43. The van der Waals surface area contributed by atoms with Crippen LogP contribution in [0.5, 0.6) is 0 Å². The molecule has 0 atom stereocenters. The van der Waals surface area contributed by atoms with Crippen LogP contribution in [0.15, 0.2) is 73.3 Å². The number of anilines is 2. The lowest BCUT2D eigenvalue weighted by Crippen LogP contribution is -2.17. The number of hydrogen-bond donors (Lipinski definition) is 2. The molecule has 0 saturated heterocycles. The number of benzene rings is 3. The highest BCUT2D eigenvalue weighted by molar-refractivity contribution is 9.10. The first-order valence-electron chi connectivity index (χ1n) is 8.85. The van der Waals surface area contributed by atoms with E-state index in [0.29, 0.717) is 8.95 Å². The molecule has 3 aromatic carbocycles. The van der Waals surface area contributed by atoms with Gasteiger partial charge in [-0.2, -0.15) is 0 Å². The Labute approximate surface area is 211 Å². The zero-order valence-electron chi connectivity index (χ0n) is 16.5. The summed E-state index contributed by atoms with van der Waals surface area (Å²) >= 11 is 12.4. The molecule has 174 valence electrons. The highest BCUT2D eigenvalue weighted by atomic mass is 79.9. The van der Waals surface area contributed by atoms with E-state index in [1.807, 2.05) is 0 Å². The van der Waals surface area contributed by atoms with E-state index in [1.165, 1.54) is 18.2 Å². The van der Waals surface area contributed by atoms with Crippen LogP contribution >= 0.6 is 43.5 Å². The number of hydrogen-bond acceptors (Lipinski definition) is 6. The maximum atomic E-state index is 13.0. The zero-order valence-corrected chi connectivity index (χ0v) is 22.1. The van der Waals surface area contributed by atoms with Crippen molar-refractivity contribution in [2.75, 3.05) is 9.44 Å². The van der Waals surface area contributed by atoms with Crippen LogP contribution < -0.4 is 9.44 Å². The summed E-state index contributed by atoms with van der Waals surface area (Å²) in [4.78, 5) is 9.51.